The first kappa shape index (κ1) is 24.9. The van der Waals surface area contributed by atoms with Crippen LogP contribution < -0.4 is 10.2 Å². The maximum Gasteiger partial charge on any atom is 0.287 e. The van der Waals surface area contributed by atoms with Crippen LogP contribution in [0.2, 0.25) is 0 Å². The van der Waals surface area contributed by atoms with Crippen LogP contribution in [0.5, 0.6) is 0 Å². The summed E-state index contributed by atoms with van der Waals surface area (Å²) in [6.07, 6.45) is 1.64. The Kier molecular flexibility index (Phi) is 7.50. The Labute approximate surface area is 215 Å². The Hall–Kier alpha value is -3.73. The molecule has 1 atom stereocenters. The van der Waals surface area contributed by atoms with Gasteiger partial charge in [0.25, 0.3) is 5.91 Å². The highest BCUT2D eigenvalue weighted by Crippen LogP contribution is 2.32. The second kappa shape index (κ2) is 11.1. The number of nitrogens with one attached hydrogen (secondary N) is 1. The molecule has 1 aliphatic heterocycles. The number of fused-ring (bicyclic) bond motifs is 1. The van der Waals surface area contributed by atoms with Crippen molar-refractivity contribution in [1.29, 1.82) is 0 Å². The van der Waals surface area contributed by atoms with Gasteiger partial charge in [-0.15, -0.1) is 0 Å². The van der Waals surface area contributed by atoms with Gasteiger partial charge in [0.1, 0.15) is 5.52 Å². The highest BCUT2D eigenvalue weighted by molar-refractivity contribution is 5.98. The van der Waals surface area contributed by atoms with E-state index < -0.39 is 0 Å². The van der Waals surface area contributed by atoms with Crippen molar-refractivity contribution in [2.24, 2.45) is 0 Å². The number of furan rings is 1. The third-order valence-corrected chi connectivity index (χ3v) is 6.34. The van der Waals surface area contributed by atoms with Gasteiger partial charge in [-0.1, -0.05) is 23.8 Å². The monoisotopic (exact) mass is 505 g/mol. The zero-order valence-electron chi connectivity index (χ0n) is 21.3. The van der Waals surface area contributed by atoms with Crippen molar-refractivity contribution in [3.05, 3.63) is 60.0 Å². The summed E-state index contributed by atoms with van der Waals surface area (Å²) in [4.78, 5) is 19.9. The number of amides is 1. The quantitative estimate of drug-likeness (QED) is 0.370. The lowest BCUT2D eigenvalue weighted by molar-refractivity contribution is 0.0283. The molecule has 5 rings (SSSR count). The van der Waals surface area contributed by atoms with E-state index in [0.717, 1.165) is 16.9 Å². The Bertz CT molecular complexity index is 1370. The number of carbonyl (C=O) groups is 1. The third-order valence-electron chi connectivity index (χ3n) is 6.34. The maximum absolute atomic E-state index is 12.9. The number of pyridine rings is 1. The van der Waals surface area contributed by atoms with Gasteiger partial charge < -0.3 is 28.8 Å². The molecule has 0 aliphatic carbocycles. The molecule has 1 saturated heterocycles. The molecule has 4 heterocycles. The van der Waals surface area contributed by atoms with E-state index in [1.54, 1.807) is 25.0 Å². The number of aryl methyl sites for hydroxylation is 1. The molecule has 0 bridgehead atoms. The predicted molar refractivity (Wildman–Crippen MR) is 139 cm³/mol. The number of hydrogen-bond acceptors (Lipinski definition) is 8. The van der Waals surface area contributed by atoms with E-state index in [1.165, 1.54) is 5.56 Å². The van der Waals surface area contributed by atoms with E-state index in [2.05, 4.69) is 29.3 Å². The Morgan fingerprint density at radius 2 is 2.00 bits per heavy atom. The van der Waals surface area contributed by atoms with E-state index >= 15 is 0 Å². The minimum Gasteiger partial charge on any atom is -0.447 e. The summed E-state index contributed by atoms with van der Waals surface area (Å²) < 4.78 is 23.8. The smallest absolute Gasteiger partial charge is 0.287 e. The lowest BCUT2D eigenvalue weighted by atomic mass is 10.1. The largest absolute Gasteiger partial charge is 0.447 e. The predicted octanol–water partition coefficient (Wildman–Crippen LogP) is 3.22. The van der Waals surface area contributed by atoms with E-state index in [9.17, 15) is 4.79 Å². The molecule has 10 nitrogen and oxygen atoms in total. The fraction of sp³-hybridized carbons (Fsp3) is 0.370. The van der Waals surface area contributed by atoms with Crippen molar-refractivity contribution < 1.29 is 23.4 Å². The van der Waals surface area contributed by atoms with Gasteiger partial charge in [0.05, 0.1) is 37.3 Å². The van der Waals surface area contributed by atoms with E-state index in [0.29, 0.717) is 56.4 Å². The number of benzene rings is 1. The van der Waals surface area contributed by atoms with Crippen LogP contribution in [-0.4, -0.2) is 80.5 Å². The molecule has 4 aromatic rings. The SMILES string of the molecule is COCC(CNC(=O)c1cc2nc(-n3ccc(-c4cccc(C)c4)n3)cc(N3CCOCC3)c2o1)OC. The summed E-state index contributed by atoms with van der Waals surface area (Å²) in [5, 5.41) is 7.63. The first-order valence-corrected chi connectivity index (χ1v) is 12.3. The van der Waals surface area contributed by atoms with Gasteiger partial charge in [0, 0.05) is 57.7 Å². The Morgan fingerprint density at radius 3 is 2.76 bits per heavy atom. The number of morpholine rings is 1. The second-order valence-corrected chi connectivity index (χ2v) is 8.96. The fourth-order valence-electron chi connectivity index (χ4n) is 4.36. The molecular weight excluding hydrogens is 474 g/mol. The molecule has 1 amide bonds. The standard InChI is InChI=1S/C27H31N5O5/c1-18-5-4-6-19(13-18)21-7-8-32(30-21)25-15-23(31-9-11-36-12-10-31)26-22(29-25)14-24(37-26)27(33)28-16-20(35-3)17-34-2/h4-8,13-15,20H,9-12,16-17H2,1-3H3,(H,28,33). The van der Waals surface area contributed by atoms with Crippen molar-refractivity contribution in [1.82, 2.24) is 20.1 Å². The molecule has 1 N–H and O–H groups in total. The first-order chi connectivity index (χ1) is 18.1. The minimum atomic E-state index is -0.341. The zero-order chi connectivity index (χ0) is 25.8. The molecule has 0 spiro atoms. The molecule has 1 aliphatic rings. The number of anilines is 1. The molecule has 1 unspecified atom stereocenters. The average molecular weight is 506 g/mol. The summed E-state index contributed by atoms with van der Waals surface area (Å²) in [5.74, 6) is 0.481. The van der Waals surface area contributed by atoms with Crippen LogP contribution in [0.1, 0.15) is 16.1 Å². The second-order valence-electron chi connectivity index (χ2n) is 8.96. The van der Waals surface area contributed by atoms with E-state index in [1.807, 2.05) is 30.5 Å². The summed E-state index contributed by atoms with van der Waals surface area (Å²) in [5.41, 5.74) is 5.06. The number of aromatic nitrogens is 3. The van der Waals surface area contributed by atoms with Crippen LogP contribution in [-0.2, 0) is 14.2 Å². The van der Waals surface area contributed by atoms with Crippen molar-refractivity contribution in [3.63, 3.8) is 0 Å². The highest BCUT2D eigenvalue weighted by Gasteiger charge is 2.23. The summed E-state index contributed by atoms with van der Waals surface area (Å²) in [6.45, 7) is 5.38. The van der Waals surface area contributed by atoms with Gasteiger partial charge in [-0.25, -0.2) is 9.67 Å². The lowest BCUT2D eigenvalue weighted by Gasteiger charge is -2.28. The molecule has 3 aromatic heterocycles. The molecule has 37 heavy (non-hydrogen) atoms. The van der Waals surface area contributed by atoms with Gasteiger partial charge in [-0.3, -0.25) is 4.79 Å². The van der Waals surface area contributed by atoms with Gasteiger partial charge in [-0.05, 0) is 19.1 Å². The van der Waals surface area contributed by atoms with Crippen LogP contribution in [0, 0.1) is 6.92 Å². The van der Waals surface area contributed by atoms with Crippen LogP contribution in [0.4, 0.5) is 5.69 Å². The minimum absolute atomic E-state index is 0.183. The lowest BCUT2D eigenvalue weighted by Crippen LogP contribution is -2.36. The average Bonchev–Trinajstić information content (AvgIpc) is 3.59. The van der Waals surface area contributed by atoms with E-state index in [4.69, 9.17) is 28.7 Å². The number of nitrogens with zero attached hydrogens (tertiary/aromatic N) is 4. The van der Waals surface area contributed by atoms with Gasteiger partial charge in [0.2, 0.25) is 0 Å². The third kappa shape index (κ3) is 5.51. The number of ether oxygens (including phenoxy) is 3. The number of rotatable bonds is 9. The molecule has 10 heteroatoms. The van der Waals surface area contributed by atoms with Crippen LogP contribution in [0.3, 0.4) is 0 Å². The van der Waals surface area contributed by atoms with Gasteiger partial charge in [0.15, 0.2) is 17.2 Å². The number of carbonyl (C=O) groups excluding carboxylic acids is 1. The normalized spacial score (nSPS) is 14.7. The zero-order valence-corrected chi connectivity index (χ0v) is 21.3. The Balaban J connectivity index is 1.49. The topological polar surface area (TPSA) is 104 Å². The summed E-state index contributed by atoms with van der Waals surface area (Å²) >= 11 is 0. The van der Waals surface area contributed by atoms with Gasteiger partial charge in [-0.2, -0.15) is 5.10 Å². The molecule has 0 saturated carbocycles. The first-order valence-electron chi connectivity index (χ1n) is 12.3. The van der Waals surface area contributed by atoms with Crippen molar-refractivity contribution in [3.8, 4) is 17.1 Å². The molecule has 0 radical (unpaired) electrons. The fourth-order valence-corrected chi connectivity index (χ4v) is 4.36. The maximum atomic E-state index is 12.9. The van der Waals surface area contributed by atoms with E-state index in [-0.39, 0.29) is 17.8 Å². The van der Waals surface area contributed by atoms with Crippen LogP contribution in [0.25, 0.3) is 28.2 Å². The molecular formula is C27H31N5O5. The molecule has 194 valence electrons. The number of hydrogen-bond donors (Lipinski definition) is 1. The van der Waals surface area contributed by atoms with Crippen molar-refractivity contribution in [2.75, 3.05) is 58.6 Å². The summed E-state index contributed by atoms with van der Waals surface area (Å²) in [7, 11) is 3.17. The van der Waals surface area contributed by atoms with Crippen LogP contribution >= 0.6 is 0 Å². The van der Waals surface area contributed by atoms with Crippen molar-refractivity contribution >= 4 is 22.7 Å². The highest BCUT2D eigenvalue weighted by atomic mass is 16.5. The molecule has 1 aromatic carbocycles. The molecule has 1 fully saturated rings. The number of methoxy groups -OCH3 is 2. The summed E-state index contributed by atoms with van der Waals surface area (Å²) in [6, 6.07) is 13.8. The van der Waals surface area contributed by atoms with Gasteiger partial charge >= 0.3 is 0 Å². The van der Waals surface area contributed by atoms with Crippen molar-refractivity contribution in [2.45, 2.75) is 13.0 Å². The Morgan fingerprint density at radius 1 is 1.16 bits per heavy atom. The van der Waals surface area contributed by atoms with Crippen LogP contribution in [0.15, 0.2) is 53.1 Å².